The van der Waals surface area contributed by atoms with Gasteiger partial charge in [0.1, 0.15) is 0 Å². The summed E-state index contributed by atoms with van der Waals surface area (Å²) in [7, 11) is 1.50. The molecule has 0 aliphatic heterocycles. The summed E-state index contributed by atoms with van der Waals surface area (Å²) in [4.78, 5) is 14.9. The Labute approximate surface area is 199 Å². The van der Waals surface area contributed by atoms with Crippen molar-refractivity contribution >= 4 is 17.4 Å². The van der Waals surface area contributed by atoms with Crippen LogP contribution >= 0.6 is 11.6 Å². The van der Waals surface area contributed by atoms with Crippen LogP contribution in [0.1, 0.15) is 104 Å². The summed E-state index contributed by atoms with van der Waals surface area (Å²) in [5, 5.41) is 0.666. The fourth-order valence-corrected chi connectivity index (χ4v) is 3.44. The highest BCUT2D eigenvalue weighted by Gasteiger charge is 2.19. The third-order valence-electron chi connectivity index (χ3n) is 4.67. The van der Waals surface area contributed by atoms with E-state index in [4.69, 9.17) is 11.6 Å². The fourth-order valence-electron chi connectivity index (χ4n) is 3.31. The highest BCUT2D eigenvalue weighted by molar-refractivity contribution is 6.30. The minimum atomic E-state index is 0.198. The van der Waals surface area contributed by atoms with Crippen molar-refractivity contribution in [3.63, 3.8) is 0 Å². The van der Waals surface area contributed by atoms with E-state index in [0.717, 1.165) is 31.4 Å². The van der Waals surface area contributed by atoms with Crippen molar-refractivity contribution in [1.82, 2.24) is 4.90 Å². The predicted molar refractivity (Wildman–Crippen MR) is 142 cm³/mol. The van der Waals surface area contributed by atoms with E-state index < -0.39 is 0 Å². The molecule has 1 aromatic carbocycles. The quantitative estimate of drug-likeness (QED) is 0.322. The van der Waals surface area contributed by atoms with Gasteiger partial charge in [-0.15, -0.1) is 0 Å². The number of rotatable bonds is 12. The lowest BCUT2D eigenvalue weighted by Crippen LogP contribution is -2.34. The molecule has 182 valence electrons. The van der Waals surface area contributed by atoms with Gasteiger partial charge in [0, 0.05) is 35.3 Å². The molecule has 2 atom stereocenters. The summed E-state index contributed by atoms with van der Waals surface area (Å²) in [6.07, 6.45) is 6.13. The number of hydrogen-bond acceptors (Lipinski definition) is 3. The predicted octanol–water partition coefficient (Wildman–Crippen LogP) is 8.37. The zero-order valence-corrected chi connectivity index (χ0v) is 22.7. The van der Waals surface area contributed by atoms with Crippen LogP contribution in [-0.4, -0.2) is 30.3 Å². The third-order valence-corrected chi connectivity index (χ3v) is 4.92. The highest BCUT2D eigenvalue weighted by Crippen LogP contribution is 2.22. The van der Waals surface area contributed by atoms with Gasteiger partial charge in [-0.05, 0) is 63.4 Å². The van der Waals surface area contributed by atoms with E-state index >= 15 is 0 Å². The van der Waals surface area contributed by atoms with E-state index in [1.54, 1.807) is 12.1 Å². The van der Waals surface area contributed by atoms with Gasteiger partial charge < -0.3 is 10.6 Å². The lowest BCUT2D eigenvalue weighted by molar-refractivity contribution is 0.0955. The third kappa shape index (κ3) is 16.0. The van der Waals surface area contributed by atoms with Crippen LogP contribution in [0, 0.1) is 5.92 Å². The Morgan fingerprint density at radius 1 is 1.03 bits per heavy atom. The monoisotopic (exact) mass is 454 g/mol. The van der Waals surface area contributed by atoms with E-state index in [-0.39, 0.29) is 5.78 Å². The summed E-state index contributed by atoms with van der Waals surface area (Å²) in [5.41, 5.74) is 6.49. The molecule has 0 spiro atoms. The van der Waals surface area contributed by atoms with Gasteiger partial charge in [-0.25, -0.2) is 0 Å². The van der Waals surface area contributed by atoms with Crippen molar-refractivity contribution in [2.45, 2.75) is 100.0 Å². The largest absolute Gasteiger partial charge is 0.373 e. The average molecular weight is 455 g/mol. The Morgan fingerprint density at radius 3 is 2.00 bits per heavy atom. The smallest absolute Gasteiger partial charge is 0.163 e. The molecule has 0 fully saturated rings. The first-order valence-corrected chi connectivity index (χ1v) is 12.6. The van der Waals surface area contributed by atoms with Crippen LogP contribution in [0.3, 0.4) is 0 Å². The number of hydrogen-bond donors (Lipinski definition) is 1. The lowest BCUT2D eigenvalue weighted by atomic mass is 9.93. The van der Waals surface area contributed by atoms with Gasteiger partial charge in [-0.1, -0.05) is 79.5 Å². The molecule has 1 aromatic rings. The molecule has 0 saturated carbocycles. The van der Waals surface area contributed by atoms with Crippen molar-refractivity contribution < 1.29 is 4.79 Å². The molecular weight excluding hydrogens is 404 g/mol. The highest BCUT2D eigenvalue weighted by atomic mass is 35.5. The van der Waals surface area contributed by atoms with Gasteiger partial charge in [0.25, 0.3) is 0 Å². The van der Waals surface area contributed by atoms with E-state index in [1.807, 2.05) is 39.8 Å². The van der Waals surface area contributed by atoms with Crippen LogP contribution in [0.2, 0.25) is 5.02 Å². The number of carbonyl (C=O) groups excluding carboxylic acids is 1. The fraction of sp³-hybridized carbons (Fsp3) is 0.667. The van der Waals surface area contributed by atoms with Gasteiger partial charge in [-0.2, -0.15) is 0 Å². The van der Waals surface area contributed by atoms with Crippen molar-refractivity contribution in [2.75, 3.05) is 13.6 Å². The van der Waals surface area contributed by atoms with Crippen molar-refractivity contribution in [1.29, 1.82) is 0 Å². The second-order valence-electron chi connectivity index (χ2n) is 7.19. The Hall–Kier alpha value is -1.32. The molecule has 31 heavy (non-hydrogen) atoms. The molecule has 2 N–H and O–H groups in total. The van der Waals surface area contributed by atoms with E-state index in [0.29, 0.717) is 23.4 Å². The van der Waals surface area contributed by atoms with Crippen LogP contribution in [-0.2, 0) is 0 Å². The minimum Gasteiger partial charge on any atom is -0.373 e. The normalized spacial score (nSPS) is 11.3. The Balaban J connectivity index is -0.00000120. The molecule has 1 rings (SSSR count). The van der Waals surface area contributed by atoms with Gasteiger partial charge in [0.2, 0.25) is 0 Å². The Kier molecular flexibility index (Phi) is 25.8. The summed E-state index contributed by atoms with van der Waals surface area (Å²) >= 11 is 5.90. The second-order valence-corrected chi connectivity index (χ2v) is 7.62. The SMILES string of the molecule is C=C(CCC)N(CCCC)C(C)CC(C)CC(=O)c1ccc(Cl)cc1.CC.CC.CN. The number of nitrogens with two attached hydrogens (primary N) is 1. The lowest BCUT2D eigenvalue weighted by Gasteiger charge is -2.34. The molecule has 0 amide bonds. The average Bonchev–Trinajstić information content (AvgIpc) is 2.78. The van der Waals surface area contributed by atoms with E-state index in [2.05, 4.69) is 44.9 Å². The molecule has 0 radical (unpaired) electrons. The van der Waals surface area contributed by atoms with E-state index in [9.17, 15) is 4.79 Å². The molecule has 0 bridgehead atoms. The Bertz CT molecular complexity index is 543. The van der Waals surface area contributed by atoms with Crippen molar-refractivity contribution in [3.8, 4) is 0 Å². The number of benzene rings is 1. The number of ketones is 1. The van der Waals surface area contributed by atoms with Crippen molar-refractivity contribution in [3.05, 3.63) is 47.1 Å². The minimum absolute atomic E-state index is 0.198. The van der Waals surface area contributed by atoms with Gasteiger partial charge >= 0.3 is 0 Å². The number of nitrogens with zero attached hydrogens (tertiary/aromatic N) is 1. The molecule has 3 nitrogen and oxygen atoms in total. The number of allylic oxidation sites excluding steroid dienone is 1. The molecular formula is C27H51ClN2O. The summed E-state index contributed by atoms with van der Waals surface area (Å²) in [6.45, 7) is 22.2. The first-order chi connectivity index (χ1) is 14.9. The maximum Gasteiger partial charge on any atom is 0.163 e. The van der Waals surface area contributed by atoms with Gasteiger partial charge in [0.15, 0.2) is 5.78 Å². The van der Waals surface area contributed by atoms with Crippen LogP contribution < -0.4 is 5.73 Å². The van der Waals surface area contributed by atoms with Crippen LogP contribution in [0.4, 0.5) is 0 Å². The maximum atomic E-state index is 12.5. The summed E-state index contributed by atoms with van der Waals surface area (Å²) < 4.78 is 0. The second kappa shape index (κ2) is 23.3. The molecule has 2 unspecified atom stereocenters. The Morgan fingerprint density at radius 2 is 1.55 bits per heavy atom. The zero-order valence-electron chi connectivity index (χ0n) is 21.9. The molecule has 4 heteroatoms. The molecule has 0 aliphatic carbocycles. The zero-order chi connectivity index (χ0) is 24.8. The van der Waals surface area contributed by atoms with Crippen LogP contribution in [0.5, 0.6) is 0 Å². The number of Topliss-reactive ketones (excluding diaryl/α,β-unsaturated/α-hetero) is 1. The molecule has 0 aliphatic rings. The topological polar surface area (TPSA) is 46.3 Å². The van der Waals surface area contributed by atoms with Gasteiger partial charge in [-0.3, -0.25) is 4.79 Å². The van der Waals surface area contributed by atoms with Crippen molar-refractivity contribution in [2.24, 2.45) is 11.7 Å². The molecule has 0 saturated heterocycles. The van der Waals surface area contributed by atoms with Crippen LogP contribution in [0.15, 0.2) is 36.5 Å². The first-order valence-electron chi connectivity index (χ1n) is 12.2. The molecule has 0 aromatic heterocycles. The number of carbonyl (C=O) groups is 1. The standard InChI is InChI=1S/C22H34ClNO.2C2H6.CH5N/c1-6-8-14-24(18(4)9-7-2)19(5)15-17(3)16-22(25)20-10-12-21(23)13-11-20;3*1-2/h10-13,17,19H,4,6-9,14-16H2,1-3,5H3;2*1-2H3;2H2,1H3. The number of unbranched alkanes of at least 4 members (excludes halogenated alkanes) is 1. The van der Waals surface area contributed by atoms with Gasteiger partial charge in [0.05, 0.1) is 0 Å². The number of halogens is 1. The summed E-state index contributed by atoms with van der Waals surface area (Å²) in [5.74, 6) is 0.542. The summed E-state index contributed by atoms with van der Waals surface area (Å²) in [6, 6.07) is 7.61. The first kappa shape index (κ1) is 34.3. The van der Waals surface area contributed by atoms with Crippen LogP contribution in [0.25, 0.3) is 0 Å². The molecule has 0 heterocycles. The van der Waals surface area contributed by atoms with E-state index in [1.165, 1.54) is 25.6 Å². The maximum absolute atomic E-state index is 12.5.